The van der Waals surface area contributed by atoms with Crippen molar-refractivity contribution in [3.8, 4) is 11.8 Å². The van der Waals surface area contributed by atoms with Crippen LogP contribution in [0.4, 0.5) is 0 Å². The van der Waals surface area contributed by atoms with Crippen LogP contribution in [-0.2, 0) is 0 Å². The van der Waals surface area contributed by atoms with Crippen LogP contribution in [0.5, 0.6) is 0 Å². The molecule has 0 spiro atoms. The highest BCUT2D eigenvalue weighted by atomic mass is 32.1. The lowest BCUT2D eigenvalue weighted by Gasteiger charge is -2.20. The Morgan fingerprint density at radius 2 is 2.44 bits per heavy atom. The third-order valence-corrected chi connectivity index (χ3v) is 4.36. The number of hydrogen-bond acceptors (Lipinski definition) is 3. The predicted octanol–water partition coefficient (Wildman–Crippen LogP) is 2.02. The summed E-state index contributed by atoms with van der Waals surface area (Å²) in [5, 5.41) is 8.70. The molecule has 3 nitrogen and oxygen atoms in total. The van der Waals surface area contributed by atoms with Gasteiger partial charge in [0, 0.05) is 12.6 Å². The zero-order chi connectivity index (χ0) is 13.1. The van der Waals surface area contributed by atoms with Crippen LogP contribution in [0.25, 0.3) is 0 Å². The van der Waals surface area contributed by atoms with Gasteiger partial charge in [-0.2, -0.15) is 0 Å². The molecule has 0 saturated carbocycles. The summed E-state index contributed by atoms with van der Waals surface area (Å²) in [5.74, 6) is 5.63. The van der Waals surface area contributed by atoms with Crippen LogP contribution >= 0.6 is 11.3 Å². The average Bonchev–Trinajstić information content (AvgIpc) is 2.92. The van der Waals surface area contributed by atoms with Gasteiger partial charge in [0.25, 0.3) is 5.91 Å². The number of aliphatic hydroxyl groups excluding tert-OH is 1. The molecule has 0 aromatic carbocycles. The number of aliphatic hydroxyl groups is 1. The van der Waals surface area contributed by atoms with E-state index in [9.17, 15) is 4.79 Å². The maximum Gasteiger partial charge on any atom is 0.264 e. The molecule has 1 saturated heterocycles. The van der Waals surface area contributed by atoms with Gasteiger partial charge in [-0.1, -0.05) is 11.8 Å². The zero-order valence-corrected chi connectivity index (χ0v) is 11.5. The summed E-state index contributed by atoms with van der Waals surface area (Å²) in [4.78, 5) is 15.9. The Morgan fingerprint density at radius 3 is 3.06 bits per heavy atom. The van der Waals surface area contributed by atoms with Crippen molar-refractivity contribution in [1.82, 2.24) is 4.90 Å². The molecule has 1 aromatic rings. The van der Waals surface area contributed by atoms with Crippen LogP contribution in [0.2, 0.25) is 0 Å². The Kier molecular flexibility index (Phi) is 4.05. The third kappa shape index (κ3) is 2.58. The van der Waals surface area contributed by atoms with Gasteiger partial charge in [0.1, 0.15) is 6.61 Å². The highest BCUT2D eigenvalue weighted by Gasteiger charge is 2.27. The van der Waals surface area contributed by atoms with Crippen molar-refractivity contribution in [2.45, 2.75) is 32.7 Å². The normalized spacial score (nSPS) is 18.6. The standard InChI is InChI=1S/C14H17NO2S/c1-10-9-13(18-12(10)6-4-8-16)14(17)15-7-3-5-11(15)2/h9,11,16H,3,5,7-8H2,1-2H3. The largest absolute Gasteiger partial charge is 0.384 e. The van der Waals surface area contributed by atoms with Gasteiger partial charge in [-0.25, -0.2) is 0 Å². The van der Waals surface area contributed by atoms with E-state index in [0.29, 0.717) is 6.04 Å². The second kappa shape index (κ2) is 5.55. The van der Waals surface area contributed by atoms with Crippen LogP contribution in [0, 0.1) is 18.8 Å². The summed E-state index contributed by atoms with van der Waals surface area (Å²) < 4.78 is 0. The summed E-state index contributed by atoms with van der Waals surface area (Å²) in [6.45, 7) is 4.75. The Labute approximate surface area is 111 Å². The number of rotatable bonds is 1. The molecule has 1 amide bonds. The first-order valence-electron chi connectivity index (χ1n) is 6.14. The molecule has 0 aliphatic carbocycles. The Morgan fingerprint density at radius 1 is 1.67 bits per heavy atom. The summed E-state index contributed by atoms with van der Waals surface area (Å²) in [6, 6.07) is 2.24. The van der Waals surface area contributed by atoms with E-state index in [1.807, 2.05) is 17.9 Å². The molecule has 1 aliphatic heterocycles. The van der Waals surface area contributed by atoms with Crippen LogP contribution in [0.1, 0.15) is 39.9 Å². The number of hydrogen-bond donors (Lipinski definition) is 1. The molecule has 2 rings (SSSR count). The molecule has 1 fully saturated rings. The lowest BCUT2D eigenvalue weighted by Crippen LogP contribution is -2.33. The quantitative estimate of drug-likeness (QED) is 0.788. The molecular weight excluding hydrogens is 246 g/mol. The number of amides is 1. The molecule has 96 valence electrons. The van der Waals surface area contributed by atoms with E-state index in [-0.39, 0.29) is 12.5 Å². The number of aryl methyl sites for hydroxylation is 1. The van der Waals surface area contributed by atoms with Crippen molar-refractivity contribution in [3.63, 3.8) is 0 Å². The average molecular weight is 263 g/mol. The van der Waals surface area contributed by atoms with E-state index >= 15 is 0 Å². The van der Waals surface area contributed by atoms with Crippen molar-refractivity contribution in [1.29, 1.82) is 0 Å². The van der Waals surface area contributed by atoms with Crippen molar-refractivity contribution in [2.24, 2.45) is 0 Å². The maximum atomic E-state index is 12.3. The van der Waals surface area contributed by atoms with Gasteiger partial charge in [-0.15, -0.1) is 11.3 Å². The van der Waals surface area contributed by atoms with E-state index in [0.717, 1.165) is 34.7 Å². The Hall–Kier alpha value is -1.31. The topological polar surface area (TPSA) is 40.5 Å². The van der Waals surface area contributed by atoms with E-state index in [1.165, 1.54) is 11.3 Å². The lowest BCUT2D eigenvalue weighted by atomic mass is 10.2. The van der Waals surface area contributed by atoms with E-state index < -0.39 is 0 Å². The van der Waals surface area contributed by atoms with Gasteiger partial charge in [0.2, 0.25) is 0 Å². The molecule has 1 aromatic heterocycles. The molecule has 1 aliphatic rings. The molecule has 1 unspecified atom stereocenters. The van der Waals surface area contributed by atoms with Crippen molar-refractivity contribution in [2.75, 3.05) is 13.2 Å². The molecule has 1 N–H and O–H groups in total. The smallest absolute Gasteiger partial charge is 0.264 e. The predicted molar refractivity (Wildman–Crippen MR) is 72.8 cm³/mol. The summed E-state index contributed by atoms with van der Waals surface area (Å²) in [6.07, 6.45) is 2.18. The minimum Gasteiger partial charge on any atom is -0.384 e. The molecule has 1 atom stereocenters. The van der Waals surface area contributed by atoms with Crippen LogP contribution in [-0.4, -0.2) is 35.1 Å². The molecule has 4 heteroatoms. The van der Waals surface area contributed by atoms with Gasteiger partial charge in [-0.3, -0.25) is 4.79 Å². The maximum absolute atomic E-state index is 12.3. The zero-order valence-electron chi connectivity index (χ0n) is 10.7. The molecule has 0 radical (unpaired) electrons. The van der Waals surface area contributed by atoms with Crippen LogP contribution in [0.15, 0.2) is 6.07 Å². The summed E-state index contributed by atoms with van der Waals surface area (Å²) >= 11 is 1.42. The fourth-order valence-electron chi connectivity index (χ4n) is 2.21. The van der Waals surface area contributed by atoms with Crippen molar-refractivity contribution < 1.29 is 9.90 Å². The first kappa shape index (κ1) is 13.1. The van der Waals surface area contributed by atoms with Gasteiger partial charge in [0.15, 0.2) is 0 Å². The number of nitrogens with zero attached hydrogens (tertiary/aromatic N) is 1. The lowest BCUT2D eigenvalue weighted by molar-refractivity contribution is 0.0752. The summed E-state index contributed by atoms with van der Waals surface area (Å²) in [7, 11) is 0. The first-order chi connectivity index (χ1) is 8.63. The fourth-order valence-corrected chi connectivity index (χ4v) is 3.21. The number of carbonyl (C=O) groups is 1. The van der Waals surface area contributed by atoms with Crippen LogP contribution in [0.3, 0.4) is 0 Å². The van der Waals surface area contributed by atoms with Gasteiger partial charge in [0.05, 0.1) is 9.75 Å². The van der Waals surface area contributed by atoms with Gasteiger partial charge in [-0.05, 0) is 38.3 Å². The second-order valence-electron chi connectivity index (χ2n) is 4.57. The highest BCUT2D eigenvalue weighted by Crippen LogP contribution is 2.26. The van der Waals surface area contributed by atoms with E-state index in [1.54, 1.807) is 0 Å². The highest BCUT2D eigenvalue weighted by molar-refractivity contribution is 7.14. The molecule has 18 heavy (non-hydrogen) atoms. The second-order valence-corrected chi connectivity index (χ2v) is 5.62. The summed E-state index contributed by atoms with van der Waals surface area (Å²) in [5.41, 5.74) is 1.01. The monoisotopic (exact) mass is 263 g/mol. The van der Waals surface area contributed by atoms with Crippen molar-refractivity contribution in [3.05, 3.63) is 21.4 Å². The van der Waals surface area contributed by atoms with E-state index in [4.69, 9.17) is 5.11 Å². The first-order valence-corrected chi connectivity index (χ1v) is 6.96. The number of likely N-dealkylation sites (tertiary alicyclic amines) is 1. The Bertz CT molecular complexity index is 510. The SMILES string of the molecule is Cc1cc(C(=O)N2CCCC2C)sc1C#CCO. The minimum atomic E-state index is -0.149. The van der Waals surface area contributed by atoms with Gasteiger partial charge < -0.3 is 10.0 Å². The molecular formula is C14H17NO2S. The molecule has 0 bridgehead atoms. The fraction of sp³-hybridized carbons (Fsp3) is 0.500. The Balaban J connectivity index is 2.21. The third-order valence-electron chi connectivity index (χ3n) is 3.22. The van der Waals surface area contributed by atoms with Gasteiger partial charge >= 0.3 is 0 Å². The molecule has 2 heterocycles. The minimum absolute atomic E-state index is 0.116. The number of thiophene rings is 1. The van der Waals surface area contributed by atoms with Crippen LogP contribution < -0.4 is 0 Å². The number of carbonyl (C=O) groups excluding carboxylic acids is 1. The van der Waals surface area contributed by atoms with Crippen molar-refractivity contribution >= 4 is 17.2 Å². The van der Waals surface area contributed by atoms with E-state index in [2.05, 4.69) is 18.8 Å².